The van der Waals surface area contributed by atoms with Crippen LogP contribution in [0.2, 0.25) is 0 Å². The lowest BCUT2D eigenvalue weighted by Crippen LogP contribution is -2.38. The summed E-state index contributed by atoms with van der Waals surface area (Å²) in [6.07, 6.45) is 3.55. The van der Waals surface area contributed by atoms with Gasteiger partial charge in [0.1, 0.15) is 5.82 Å². The summed E-state index contributed by atoms with van der Waals surface area (Å²) in [5.74, 6) is 0.0510. The molecule has 1 aromatic carbocycles. The first kappa shape index (κ1) is 13.7. The summed E-state index contributed by atoms with van der Waals surface area (Å²) in [4.78, 5) is 2.28. The molecular formula is C15H21ClFN. The molecule has 1 saturated heterocycles. The minimum absolute atomic E-state index is 0.189. The minimum Gasteiger partial charge on any atom is -0.371 e. The third-order valence-electron chi connectivity index (χ3n) is 4.39. The molecule has 0 bridgehead atoms. The van der Waals surface area contributed by atoms with Gasteiger partial charge in [-0.2, -0.15) is 0 Å². The van der Waals surface area contributed by atoms with Crippen molar-refractivity contribution in [2.45, 2.75) is 39.0 Å². The molecule has 0 radical (unpaired) electrons. The fraction of sp³-hybridized carbons (Fsp3) is 0.600. The summed E-state index contributed by atoms with van der Waals surface area (Å²) < 4.78 is 13.7. The predicted molar refractivity (Wildman–Crippen MR) is 75.8 cm³/mol. The Balaban J connectivity index is 2.17. The third-order valence-corrected chi connectivity index (χ3v) is 4.66. The summed E-state index contributed by atoms with van der Waals surface area (Å²) in [7, 11) is 0. The first-order valence-corrected chi connectivity index (χ1v) is 7.21. The van der Waals surface area contributed by atoms with Crippen molar-refractivity contribution < 1.29 is 4.39 Å². The number of nitrogens with zero attached hydrogens (tertiary/aromatic N) is 1. The highest BCUT2D eigenvalue weighted by molar-refractivity contribution is 6.17. The summed E-state index contributed by atoms with van der Waals surface area (Å²) in [5.41, 5.74) is 2.06. The van der Waals surface area contributed by atoms with Crippen LogP contribution in [0.3, 0.4) is 0 Å². The van der Waals surface area contributed by atoms with Gasteiger partial charge >= 0.3 is 0 Å². The molecule has 1 aromatic rings. The van der Waals surface area contributed by atoms with Crippen molar-refractivity contribution >= 4 is 17.3 Å². The Morgan fingerprint density at radius 1 is 1.33 bits per heavy atom. The first-order valence-electron chi connectivity index (χ1n) is 6.68. The van der Waals surface area contributed by atoms with Crippen LogP contribution < -0.4 is 4.90 Å². The van der Waals surface area contributed by atoms with Crippen LogP contribution in [0.5, 0.6) is 0 Å². The second-order valence-corrected chi connectivity index (χ2v) is 5.79. The Hall–Kier alpha value is -0.760. The van der Waals surface area contributed by atoms with E-state index >= 15 is 0 Å². The number of anilines is 1. The molecule has 0 spiro atoms. The maximum Gasteiger partial charge on any atom is 0.129 e. The molecule has 18 heavy (non-hydrogen) atoms. The Bertz CT molecular complexity index is 411. The highest BCUT2D eigenvalue weighted by Gasteiger charge is 2.29. The largest absolute Gasteiger partial charge is 0.371 e. The van der Waals surface area contributed by atoms with E-state index in [1.807, 2.05) is 6.07 Å². The molecule has 0 amide bonds. The monoisotopic (exact) mass is 269 g/mol. The molecule has 100 valence electrons. The van der Waals surface area contributed by atoms with E-state index in [4.69, 9.17) is 11.6 Å². The fourth-order valence-electron chi connectivity index (χ4n) is 2.62. The summed E-state index contributed by atoms with van der Waals surface area (Å²) in [6, 6.07) is 5.24. The van der Waals surface area contributed by atoms with Gasteiger partial charge in [0.2, 0.25) is 0 Å². The molecule has 1 nitrogen and oxygen atoms in total. The van der Waals surface area contributed by atoms with Crippen LogP contribution in [-0.2, 0) is 5.88 Å². The highest BCUT2D eigenvalue weighted by Crippen LogP contribution is 2.37. The fourth-order valence-corrected chi connectivity index (χ4v) is 2.88. The van der Waals surface area contributed by atoms with Crippen LogP contribution in [-0.4, -0.2) is 13.1 Å². The van der Waals surface area contributed by atoms with E-state index in [-0.39, 0.29) is 11.7 Å². The molecule has 1 aliphatic heterocycles. The maximum atomic E-state index is 13.7. The molecule has 1 aliphatic rings. The lowest BCUT2D eigenvalue weighted by molar-refractivity contribution is 0.238. The van der Waals surface area contributed by atoms with E-state index in [9.17, 15) is 4.39 Å². The Morgan fingerprint density at radius 2 is 2.00 bits per heavy atom. The van der Waals surface area contributed by atoms with Crippen LogP contribution in [0.15, 0.2) is 18.2 Å². The van der Waals surface area contributed by atoms with E-state index in [1.54, 1.807) is 6.07 Å². The van der Waals surface area contributed by atoms with Gasteiger partial charge in [0.05, 0.1) is 5.88 Å². The van der Waals surface area contributed by atoms with Gasteiger partial charge in [0.15, 0.2) is 0 Å². The average Bonchev–Trinajstić information content (AvgIpc) is 2.39. The molecule has 0 aliphatic carbocycles. The quantitative estimate of drug-likeness (QED) is 0.726. The number of hydrogen-bond donors (Lipinski definition) is 0. The zero-order valence-electron chi connectivity index (χ0n) is 11.2. The van der Waals surface area contributed by atoms with E-state index in [1.165, 1.54) is 25.3 Å². The first-order chi connectivity index (χ1) is 8.59. The molecule has 0 atom stereocenters. The van der Waals surface area contributed by atoms with E-state index < -0.39 is 0 Å². The zero-order valence-corrected chi connectivity index (χ0v) is 11.9. The second kappa shape index (κ2) is 5.48. The number of benzene rings is 1. The van der Waals surface area contributed by atoms with E-state index in [0.29, 0.717) is 11.0 Å². The lowest BCUT2D eigenvalue weighted by atomic mass is 9.78. The third kappa shape index (κ3) is 2.64. The molecule has 0 unspecified atom stereocenters. The number of alkyl halides is 1. The van der Waals surface area contributed by atoms with Gasteiger partial charge in [-0.1, -0.05) is 26.3 Å². The van der Waals surface area contributed by atoms with Crippen LogP contribution in [0.4, 0.5) is 10.1 Å². The van der Waals surface area contributed by atoms with Crippen LogP contribution >= 0.6 is 11.6 Å². The predicted octanol–water partition coefficient (Wildman–Crippen LogP) is 4.58. The van der Waals surface area contributed by atoms with Gasteiger partial charge in [-0.05, 0) is 30.4 Å². The van der Waals surface area contributed by atoms with Crippen molar-refractivity contribution in [1.29, 1.82) is 0 Å². The smallest absolute Gasteiger partial charge is 0.129 e. The average molecular weight is 270 g/mol. The van der Waals surface area contributed by atoms with Crippen LogP contribution in [0.25, 0.3) is 0 Å². The molecule has 1 fully saturated rings. The van der Waals surface area contributed by atoms with Gasteiger partial charge in [-0.15, -0.1) is 11.6 Å². The Labute approximate surface area is 114 Å². The van der Waals surface area contributed by atoms with Crippen molar-refractivity contribution in [3.05, 3.63) is 29.6 Å². The van der Waals surface area contributed by atoms with Crippen LogP contribution in [0.1, 0.15) is 38.7 Å². The van der Waals surface area contributed by atoms with E-state index in [0.717, 1.165) is 18.8 Å². The minimum atomic E-state index is -0.189. The SMILES string of the molecule is CCC1(C)CCN(c2cccc(F)c2CCl)CC1. The molecular weight excluding hydrogens is 249 g/mol. The highest BCUT2D eigenvalue weighted by atomic mass is 35.5. The number of hydrogen-bond acceptors (Lipinski definition) is 1. The molecule has 2 rings (SSSR count). The molecule has 3 heteroatoms. The van der Waals surface area contributed by atoms with Crippen molar-refractivity contribution in [1.82, 2.24) is 0 Å². The Morgan fingerprint density at radius 3 is 2.56 bits per heavy atom. The van der Waals surface area contributed by atoms with Crippen molar-refractivity contribution in [3.8, 4) is 0 Å². The molecule has 0 N–H and O–H groups in total. The van der Waals surface area contributed by atoms with Gasteiger partial charge in [-0.3, -0.25) is 0 Å². The van der Waals surface area contributed by atoms with Gasteiger partial charge in [0.25, 0.3) is 0 Å². The molecule has 0 saturated carbocycles. The van der Waals surface area contributed by atoms with Crippen LogP contribution in [0, 0.1) is 11.2 Å². The Kier molecular flexibility index (Phi) is 4.16. The number of rotatable bonds is 3. The normalized spacial score (nSPS) is 19.0. The number of piperidine rings is 1. The second-order valence-electron chi connectivity index (χ2n) is 5.52. The van der Waals surface area contributed by atoms with Crippen molar-refractivity contribution in [3.63, 3.8) is 0 Å². The van der Waals surface area contributed by atoms with Gasteiger partial charge in [-0.25, -0.2) is 4.39 Å². The van der Waals surface area contributed by atoms with Gasteiger partial charge in [0, 0.05) is 24.3 Å². The van der Waals surface area contributed by atoms with Gasteiger partial charge < -0.3 is 4.90 Å². The zero-order chi connectivity index (χ0) is 13.2. The topological polar surface area (TPSA) is 3.24 Å². The van der Waals surface area contributed by atoms with Crippen molar-refractivity contribution in [2.24, 2.45) is 5.41 Å². The molecule has 1 heterocycles. The van der Waals surface area contributed by atoms with E-state index in [2.05, 4.69) is 18.7 Å². The lowest BCUT2D eigenvalue weighted by Gasteiger charge is -2.40. The molecule has 0 aromatic heterocycles. The summed E-state index contributed by atoms with van der Waals surface area (Å²) >= 11 is 5.87. The number of halogens is 2. The maximum absolute atomic E-state index is 13.7. The van der Waals surface area contributed by atoms with Crippen molar-refractivity contribution in [2.75, 3.05) is 18.0 Å². The standard InChI is InChI=1S/C15H21ClFN/c1-3-15(2)7-9-18(10-8-15)14-6-4-5-13(17)12(14)11-16/h4-6H,3,7-11H2,1-2H3. The summed E-state index contributed by atoms with van der Waals surface area (Å²) in [6.45, 7) is 6.59. The summed E-state index contributed by atoms with van der Waals surface area (Å²) in [5, 5.41) is 0.